The summed E-state index contributed by atoms with van der Waals surface area (Å²) in [5, 5.41) is 3.42. The molecule has 0 radical (unpaired) electrons. The molecule has 0 aliphatic carbocycles. The summed E-state index contributed by atoms with van der Waals surface area (Å²) in [6, 6.07) is 0.598. The molecular weight excluding hydrogens is 214 g/mol. The van der Waals surface area contributed by atoms with Crippen molar-refractivity contribution in [3.63, 3.8) is 0 Å². The number of nitrogens with zero attached hydrogens (tertiary/aromatic N) is 2. The van der Waals surface area contributed by atoms with Crippen LogP contribution in [0, 0.1) is 5.41 Å². The third kappa shape index (κ3) is 2.99. The highest BCUT2D eigenvalue weighted by Crippen LogP contribution is 2.24. The Labute approximate surface area is 104 Å². The molecule has 4 heteroatoms. The summed E-state index contributed by atoms with van der Waals surface area (Å²) < 4.78 is 0. The molecule has 1 N–H and O–H groups in total. The Morgan fingerprint density at radius 3 is 2.53 bits per heavy atom. The van der Waals surface area contributed by atoms with Crippen LogP contribution >= 0.6 is 0 Å². The zero-order valence-electron chi connectivity index (χ0n) is 11.3. The fourth-order valence-electron chi connectivity index (χ4n) is 2.56. The quantitative estimate of drug-likeness (QED) is 0.725. The summed E-state index contributed by atoms with van der Waals surface area (Å²) in [4.78, 5) is 16.6. The number of hydrogen-bond acceptors (Lipinski definition) is 3. The number of rotatable bonds is 1. The van der Waals surface area contributed by atoms with Gasteiger partial charge in [0.05, 0.1) is 0 Å². The van der Waals surface area contributed by atoms with Crippen LogP contribution in [0.25, 0.3) is 0 Å². The Morgan fingerprint density at radius 2 is 1.88 bits per heavy atom. The fourth-order valence-corrected chi connectivity index (χ4v) is 2.56. The normalized spacial score (nSPS) is 24.3. The van der Waals surface area contributed by atoms with Crippen LogP contribution in [0.3, 0.4) is 0 Å². The molecule has 0 saturated carbocycles. The number of carbonyl (C=O) groups excluding carboxylic acids is 1. The van der Waals surface area contributed by atoms with Gasteiger partial charge in [-0.3, -0.25) is 9.69 Å². The van der Waals surface area contributed by atoms with E-state index < -0.39 is 0 Å². The van der Waals surface area contributed by atoms with Gasteiger partial charge in [0.1, 0.15) is 0 Å². The lowest BCUT2D eigenvalue weighted by molar-refractivity contribution is -0.147. The molecule has 98 valence electrons. The summed E-state index contributed by atoms with van der Waals surface area (Å²) in [6.07, 6.45) is 1.23. The molecule has 0 bridgehead atoms. The molecule has 1 amide bonds. The molecule has 2 saturated heterocycles. The van der Waals surface area contributed by atoms with Gasteiger partial charge in [0.25, 0.3) is 0 Å². The van der Waals surface area contributed by atoms with Crippen molar-refractivity contribution in [1.29, 1.82) is 0 Å². The van der Waals surface area contributed by atoms with Crippen LogP contribution in [0.4, 0.5) is 0 Å². The van der Waals surface area contributed by atoms with Gasteiger partial charge in [0, 0.05) is 37.6 Å². The highest BCUT2D eigenvalue weighted by molar-refractivity contribution is 5.82. The molecule has 0 aromatic heterocycles. The maximum atomic E-state index is 12.0. The Morgan fingerprint density at radius 1 is 1.18 bits per heavy atom. The minimum absolute atomic E-state index is 0.231. The van der Waals surface area contributed by atoms with Gasteiger partial charge in [-0.2, -0.15) is 0 Å². The maximum absolute atomic E-state index is 12.0. The van der Waals surface area contributed by atoms with Crippen molar-refractivity contribution in [3.8, 4) is 0 Å². The summed E-state index contributed by atoms with van der Waals surface area (Å²) in [6.45, 7) is 12.4. The van der Waals surface area contributed by atoms with E-state index in [9.17, 15) is 4.79 Å². The van der Waals surface area contributed by atoms with Gasteiger partial charge >= 0.3 is 0 Å². The predicted molar refractivity (Wildman–Crippen MR) is 68.9 cm³/mol. The Bertz CT molecular complexity index is 271. The van der Waals surface area contributed by atoms with E-state index in [-0.39, 0.29) is 5.41 Å². The molecule has 0 aromatic carbocycles. The van der Waals surface area contributed by atoms with Crippen LogP contribution in [0.1, 0.15) is 27.2 Å². The van der Waals surface area contributed by atoms with Gasteiger partial charge < -0.3 is 10.2 Å². The van der Waals surface area contributed by atoms with E-state index in [0.29, 0.717) is 11.9 Å². The van der Waals surface area contributed by atoms with Crippen molar-refractivity contribution in [2.24, 2.45) is 5.41 Å². The molecule has 17 heavy (non-hydrogen) atoms. The SMILES string of the molecule is CC(C)(C)C(=O)N1CC(N2CCCNCC2)C1. The number of likely N-dealkylation sites (tertiary alicyclic amines) is 1. The highest BCUT2D eigenvalue weighted by Gasteiger charge is 2.38. The molecule has 0 atom stereocenters. The summed E-state index contributed by atoms with van der Waals surface area (Å²) in [7, 11) is 0. The van der Waals surface area contributed by atoms with Crippen LogP contribution in [0.15, 0.2) is 0 Å². The lowest BCUT2D eigenvalue weighted by Crippen LogP contribution is -2.63. The van der Waals surface area contributed by atoms with Gasteiger partial charge in [0.2, 0.25) is 5.91 Å². The summed E-state index contributed by atoms with van der Waals surface area (Å²) >= 11 is 0. The van der Waals surface area contributed by atoms with E-state index in [1.54, 1.807) is 0 Å². The van der Waals surface area contributed by atoms with Crippen LogP contribution < -0.4 is 5.32 Å². The smallest absolute Gasteiger partial charge is 0.228 e. The van der Waals surface area contributed by atoms with E-state index in [0.717, 1.165) is 32.7 Å². The van der Waals surface area contributed by atoms with Gasteiger partial charge in [0.15, 0.2) is 0 Å². The Hall–Kier alpha value is -0.610. The largest absolute Gasteiger partial charge is 0.339 e. The van der Waals surface area contributed by atoms with E-state index in [4.69, 9.17) is 0 Å². The van der Waals surface area contributed by atoms with Crippen LogP contribution in [-0.4, -0.2) is 61.0 Å². The Balaban J connectivity index is 1.80. The molecule has 2 aliphatic rings. The Kier molecular flexibility index (Phi) is 3.73. The average Bonchev–Trinajstić information content (AvgIpc) is 2.42. The predicted octanol–water partition coefficient (Wildman–Crippen LogP) is 0.539. The molecule has 0 spiro atoms. The zero-order valence-corrected chi connectivity index (χ0v) is 11.3. The summed E-state index contributed by atoms with van der Waals surface area (Å²) in [5.41, 5.74) is -0.231. The first-order valence-electron chi connectivity index (χ1n) is 6.72. The van der Waals surface area contributed by atoms with Crippen molar-refractivity contribution in [1.82, 2.24) is 15.1 Å². The molecule has 2 aliphatic heterocycles. The van der Waals surface area contributed by atoms with Crippen molar-refractivity contribution < 1.29 is 4.79 Å². The van der Waals surface area contributed by atoms with Gasteiger partial charge in [-0.15, -0.1) is 0 Å². The van der Waals surface area contributed by atoms with Gasteiger partial charge in [-0.25, -0.2) is 0 Å². The molecule has 2 fully saturated rings. The van der Waals surface area contributed by atoms with Crippen molar-refractivity contribution in [2.75, 3.05) is 39.3 Å². The molecule has 0 unspecified atom stereocenters. The van der Waals surface area contributed by atoms with E-state index in [1.165, 1.54) is 13.0 Å². The molecule has 2 heterocycles. The van der Waals surface area contributed by atoms with E-state index >= 15 is 0 Å². The first-order chi connectivity index (χ1) is 7.98. The molecule has 2 rings (SSSR count). The minimum atomic E-state index is -0.231. The second-order valence-corrected chi connectivity index (χ2v) is 6.25. The number of hydrogen-bond donors (Lipinski definition) is 1. The number of amides is 1. The first-order valence-corrected chi connectivity index (χ1v) is 6.72. The standard InChI is InChI=1S/C13H25N3O/c1-13(2,3)12(17)16-9-11(10-16)15-7-4-5-14-6-8-15/h11,14H,4-10H2,1-3H3. The molecule has 4 nitrogen and oxygen atoms in total. The zero-order chi connectivity index (χ0) is 12.5. The monoisotopic (exact) mass is 239 g/mol. The van der Waals surface area contributed by atoms with Crippen LogP contribution in [0.5, 0.6) is 0 Å². The lowest BCUT2D eigenvalue weighted by Gasteiger charge is -2.47. The van der Waals surface area contributed by atoms with Crippen molar-refractivity contribution in [2.45, 2.75) is 33.2 Å². The van der Waals surface area contributed by atoms with Crippen LogP contribution in [0.2, 0.25) is 0 Å². The lowest BCUT2D eigenvalue weighted by atomic mass is 9.92. The minimum Gasteiger partial charge on any atom is -0.339 e. The second-order valence-electron chi connectivity index (χ2n) is 6.25. The second kappa shape index (κ2) is 4.94. The molecular formula is C13H25N3O. The average molecular weight is 239 g/mol. The fraction of sp³-hybridized carbons (Fsp3) is 0.923. The highest BCUT2D eigenvalue weighted by atomic mass is 16.2. The van der Waals surface area contributed by atoms with E-state index in [2.05, 4.69) is 10.2 Å². The third-order valence-corrected chi connectivity index (χ3v) is 3.68. The molecule has 0 aromatic rings. The first kappa shape index (κ1) is 12.8. The van der Waals surface area contributed by atoms with Crippen molar-refractivity contribution in [3.05, 3.63) is 0 Å². The topological polar surface area (TPSA) is 35.6 Å². The van der Waals surface area contributed by atoms with Gasteiger partial charge in [-0.05, 0) is 19.5 Å². The van der Waals surface area contributed by atoms with Crippen LogP contribution in [-0.2, 0) is 4.79 Å². The summed E-state index contributed by atoms with van der Waals surface area (Å²) in [5.74, 6) is 0.293. The van der Waals surface area contributed by atoms with Gasteiger partial charge in [-0.1, -0.05) is 20.8 Å². The van der Waals surface area contributed by atoms with Crippen molar-refractivity contribution >= 4 is 5.91 Å². The maximum Gasteiger partial charge on any atom is 0.228 e. The number of carbonyl (C=O) groups is 1. The van der Waals surface area contributed by atoms with E-state index in [1.807, 2.05) is 25.7 Å². The third-order valence-electron chi connectivity index (χ3n) is 3.68. The number of nitrogens with one attached hydrogen (secondary N) is 1.